The van der Waals surface area contributed by atoms with E-state index in [0.29, 0.717) is 22.0 Å². The summed E-state index contributed by atoms with van der Waals surface area (Å²) in [6, 6.07) is 14.3. The van der Waals surface area contributed by atoms with E-state index in [2.05, 4.69) is 15.2 Å². The second kappa shape index (κ2) is 7.91. The van der Waals surface area contributed by atoms with Crippen LogP contribution in [0.15, 0.2) is 64.0 Å². The molecule has 27 heavy (non-hydrogen) atoms. The molecule has 0 bridgehead atoms. The number of rotatable bonds is 6. The van der Waals surface area contributed by atoms with Gasteiger partial charge in [-0.25, -0.2) is 0 Å². The Morgan fingerprint density at radius 3 is 2.56 bits per heavy atom. The fourth-order valence-electron chi connectivity index (χ4n) is 2.35. The van der Waals surface area contributed by atoms with E-state index in [1.165, 1.54) is 30.3 Å². The van der Waals surface area contributed by atoms with Crippen LogP contribution >= 0.6 is 11.6 Å². The first-order valence-corrected chi connectivity index (χ1v) is 9.79. The number of anilines is 2. The molecular formula is C18H16ClN3O4S. The molecule has 0 fully saturated rings. The lowest BCUT2D eigenvalue weighted by atomic mass is 10.1. The zero-order chi connectivity index (χ0) is 19.4. The molecule has 1 heterocycles. The molecule has 3 aromatic rings. The van der Waals surface area contributed by atoms with E-state index in [0.717, 1.165) is 0 Å². The molecule has 2 aromatic carbocycles. The zero-order valence-corrected chi connectivity index (χ0v) is 15.8. The predicted molar refractivity (Wildman–Crippen MR) is 102 cm³/mol. The topological polar surface area (TPSA) is 107 Å². The van der Waals surface area contributed by atoms with E-state index in [4.69, 9.17) is 16.1 Å². The molecule has 3 rings (SSSR count). The Morgan fingerprint density at radius 1 is 1.22 bits per heavy atom. The number of aryl methyl sites for hydroxylation is 1. The first kappa shape index (κ1) is 19.1. The van der Waals surface area contributed by atoms with Crippen LogP contribution in [0, 0.1) is 6.92 Å². The smallest absolute Gasteiger partial charge is 0.228 e. The summed E-state index contributed by atoms with van der Waals surface area (Å²) in [5.74, 6) is 0.337. The quantitative estimate of drug-likeness (QED) is 0.606. The lowest BCUT2D eigenvalue weighted by molar-refractivity contribution is -0.115. The maximum atomic E-state index is 12.3. The minimum Gasteiger partial charge on any atom is -0.588 e. The van der Waals surface area contributed by atoms with Gasteiger partial charge in [0.2, 0.25) is 11.7 Å². The SMILES string of the molecule is Cc1cc(N[S+](=O)([O-])c2ccc(NC(=O)Cc3ccccc3Cl)cc2)no1. The fraction of sp³-hybridized carbons (Fsp3) is 0.111. The van der Waals surface area contributed by atoms with Crippen LogP contribution in [0.1, 0.15) is 11.3 Å². The van der Waals surface area contributed by atoms with Crippen molar-refractivity contribution in [1.29, 1.82) is 0 Å². The van der Waals surface area contributed by atoms with Gasteiger partial charge in [-0.3, -0.25) is 4.79 Å². The summed E-state index contributed by atoms with van der Waals surface area (Å²) in [6.07, 6.45) is 0.118. The minimum absolute atomic E-state index is 0.0345. The summed E-state index contributed by atoms with van der Waals surface area (Å²) < 4.78 is 31.8. The first-order chi connectivity index (χ1) is 12.8. The molecule has 1 amide bonds. The monoisotopic (exact) mass is 405 g/mol. The van der Waals surface area contributed by atoms with Gasteiger partial charge in [-0.1, -0.05) is 39.2 Å². The van der Waals surface area contributed by atoms with Gasteiger partial charge in [0, 0.05) is 16.8 Å². The molecule has 140 valence electrons. The van der Waals surface area contributed by atoms with Gasteiger partial charge in [0.05, 0.1) is 6.42 Å². The van der Waals surface area contributed by atoms with Gasteiger partial charge in [0.15, 0.2) is 15.3 Å². The highest BCUT2D eigenvalue weighted by Gasteiger charge is 2.22. The van der Waals surface area contributed by atoms with Gasteiger partial charge in [0.25, 0.3) is 0 Å². The van der Waals surface area contributed by atoms with Crippen LogP contribution in [0.3, 0.4) is 0 Å². The molecule has 1 unspecified atom stereocenters. The second-order valence-corrected chi connectivity index (χ2v) is 7.86. The predicted octanol–water partition coefficient (Wildman–Crippen LogP) is 3.83. The molecule has 0 saturated carbocycles. The Balaban J connectivity index is 1.65. The third-order valence-corrected chi connectivity index (χ3v) is 5.36. The Labute approximate surface area is 162 Å². The molecule has 1 atom stereocenters. The maximum Gasteiger partial charge on any atom is 0.228 e. The molecule has 0 aliphatic rings. The number of nitrogens with zero attached hydrogens (tertiary/aromatic N) is 1. The summed E-state index contributed by atoms with van der Waals surface area (Å²) in [7, 11) is -3.80. The Morgan fingerprint density at radius 2 is 1.93 bits per heavy atom. The summed E-state index contributed by atoms with van der Waals surface area (Å²) >= 11 is 6.04. The molecule has 0 spiro atoms. The third kappa shape index (κ3) is 4.94. The molecule has 0 saturated heterocycles. The van der Waals surface area contributed by atoms with Gasteiger partial charge < -0.3 is 14.4 Å². The standard InChI is InChI=1S/C18H16ClN3O4S/c1-12-10-17(21-26-12)22-27(24,25)15-8-6-14(7-9-15)20-18(23)11-13-4-2-3-5-16(13)19/h2-10H,11H2,1H3,(H2-,20,21,22,23,24,25). The fourth-order valence-corrected chi connectivity index (χ4v) is 3.53. The van der Waals surface area contributed by atoms with E-state index >= 15 is 0 Å². The number of sulfonamides is 1. The van der Waals surface area contributed by atoms with Crippen molar-refractivity contribution in [2.24, 2.45) is 0 Å². The van der Waals surface area contributed by atoms with Crippen LogP contribution in [-0.4, -0.2) is 15.6 Å². The number of halogens is 1. The van der Waals surface area contributed by atoms with Crippen molar-refractivity contribution in [3.8, 4) is 0 Å². The van der Waals surface area contributed by atoms with Gasteiger partial charge in [-0.15, -0.1) is 0 Å². The van der Waals surface area contributed by atoms with Crippen LogP contribution in [0.4, 0.5) is 11.5 Å². The Kier molecular flexibility index (Phi) is 5.59. The van der Waals surface area contributed by atoms with Crippen molar-refractivity contribution in [1.82, 2.24) is 5.16 Å². The number of amides is 1. The lowest BCUT2D eigenvalue weighted by Gasteiger charge is -2.14. The van der Waals surface area contributed by atoms with E-state index in [9.17, 15) is 13.6 Å². The van der Waals surface area contributed by atoms with Crippen molar-refractivity contribution < 1.29 is 18.1 Å². The number of benzene rings is 2. The molecule has 0 radical (unpaired) electrons. The summed E-state index contributed by atoms with van der Waals surface area (Å²) in [5, 5.41) is 6.82. The van der Waals surface area contributed by atoms with Crippen molar-refractivity contribution in [2.75, 3.05) is 10.0 Å². The number of nitrogens with one attached hydrogen (secondary N) is 2. The van der Waals surface area contributed by atoms with Crippen LogP contribution in [-0.2, 0) is 25.8 Å². The third-order valence-electron chi connectivity index (χ3n) is 3.62. The minimum atomic E-state index is -3.80. The molecule has 1 aromatic heterocycles. The number of carbonyl (C=O) groups is 1. The number of hydrogen-bond acceptors (Lipinski definition) is 5. The largest absolute Gasteiger partial charge is 0.588 e. The Hall–Kier alpha value is -2.68. The Bertz CT molecular complexity index is 1000. The highest BCUT2D eigenvalue weighted by atomic mass is 35.5. The summed E-state index contributed by atoms with van der Waals surface area (Å²) in [4.78, 5) is 12.2. The zero-order valence-electron chi connectivity index (χ0n) is 14.3. The van der Waals surface area contributed by atoms with Gasteiger partial charge in [-0.2, -0.15) is 4.72 Å². The van der Waals surface area contributed by atoms with Crippen molar-refractivity contribution in [2.45, 2.75) is 18.2 Å². The first-order valence-electron chi connectivity index (χ1n) is 7.93. The van der Waals surface area contributed by atoms with E-state index in [1.807, 2.05) is 0 Å². The average Bonchev–Trinajstić information content (AvgIpc) is 3.01. The van der Waals surface area contributed by atoms with Gasteiger partial charge >= 0.3 is 0 Å². The summed E-state index contributed by atoms with van der Waals surface area (Å²) in [5.41, 5.74) is 1.19. The van der Waals surface area contributed by atoms with Crippen LogP contribution in [0.25, 0.3) is 0 Å². The molecule has 0 aliphatic heterocycles. The molecule has 0 aliphatic carbocycles. The maximum absolute atomic E-state index is 12.3. The normalized spacial score (nSPS) is 13.0. The number of carbonyl (C=O) groups excluding carboxylic acids is 1. The number of aromatic nitrogens is 1. The van der Waals surface area contributed by atoms with E-state index in [-0.39, 0.29) is 23.0 Å². The van der Waals surface area contributed by atoms with E-state index in [1.54, 1.807) is 31.2 Å². The molecule has 7 nitrogen and oxygen atoms in total. The van der Waals surface area contributed by atoms with E-state index < -0.39 is 10.4 Å². The average molecular weight is 406 g/mol. The second-order valence-electron chi connectivity index (χ2n) is 5.77. The summed E-state index contributed by atoms with van der Waals surface area (Å²) in [6.45, 7) is 1.66. The highest BCUT2D eigenvalue weighted by Crippen LogP contribution is 2.22. The molecular weight excluding hydrogens is 390 g/mol. The molecule has 2 N–H and O–H groups in total. The van der Waals surface area contributed by atoms with Crippen molar-refractivity contribution in [3.63, 3.8) is 0 Å². The van der Waals surface area contributed by atoms with Crippen molar-refractivity contribution >= 4 is 39.4 Å². The van der Waals surface area contributed by atoms with Crippen LogP contribution < -0.4 is 10.0 Å². The highest BCUT2D eigenvalue weighted by molar-refractivity contribution is 7.98. The van der Waals surface area contributed by atoms with Crippen LogP contribution in [0.5, 0.6) is 0 Å². The van der Waals surface area contributed by atoms with Crippen LogP contribution in [0.2, 0.25) is 5.02 Å². The van der Waals surface area contributed by atoms with Gasteiger partial charge in [-0.05, 0) is 42.8 Å². The number of hydrogen-bond donors (Lipinski definition) is 2. The lowest BCUT2D eigenvalue weighted by Crippen LogP contribution is -2.21. The van der Waals surface area contributed by atoms with Gasteiger partial charge in [0.1, 0.15) is 5.76 Å². The molecule has 9 heteroatoms. The van der Waals surface area contributed by atoms with Crippen molar-refractivity contribution in [3.05, 3.63) is 70.9 Å².